The fraction of sp³-hybridized carbons (Fsp3) is 0.211. The van der Waals surface area contributed by atoms with Crippen LogP contribution >= 0.6 is 11.6 Å². The molecule has 28 heavy (non-hydrogen) atoms. The minimum Gasteiger partial charge on any atom is -0.490 e. The molecule has 0 aliphatic carbocycles. The molecule has 144 valence electrons. The molecule has 2 aromatic carbocycles. The number of nitrogens with one attached hydrogen (secondary N) is 1. The first-order valence-corrected chi connectivity index (χ1v) is 9.10. The van der Waals surface area contributed by atoms with Crippen LogP contribution in [0.4, 0.5) is 11.4 Å². The Kier molecular flexibility index (Phi) is 5.14. The number of amides is 1. The molecule has 0 fully saturated rings. The Hall–Kier alpha value is -3.10. The highest BCUT2D eigenvalue weighted by atomic mass is 35.5. The van der Waals surface area contributed by atoms with Gasteiger partial charge in [0.25, 0.3) is 0 Å². The van der Waals surface area contributed by atoms with Gasteiger partial charge in [-0.1, -0.05) is 16.8 Å². The van der Waals surface area contributed by atoms with E-state index < -0.39 is 0 Å². The van der Waals surface area contributed by atoms with Gasteiger partial charge in [0.1, 0.15) is 18.1 Å². The summed E-state index contributed by atoms with van der Waals surface area (Å²) in [7, 11) is 0. The molecular formula is C19H18ClN5O3. The number of carbonyl (C=O) groups is 1. The molecule has 2 N–H and O–H groups in total. The third-order valence-electron chi connectivity index (χ3n) is 4.33. The Labute approximate surface area is 166 Å². The fourth-order valence-corrected chi connectivity index (χ4v) is 3.14. The van der Waals surface area contributed by atoms with Crippen molar-refractivity contribution in [3.05, 3.63) is 59.4 Å². The van der Waals surface area contributed by atoms with Crippen molar-refractivity contribution in [3.63, 3.8) is 0 Å². The van der Waals surface area contributed by atoms with E-state index in [1.54, 1.807) is 35.1 Å². The average molecular weight is 400 g/mol. The van der Waals surface area contributed by atoms with Crippen LogP contribution in [0.5, 0.6) is 5.75 Å². The third-order valence-corrected chi connectivity index (χ3v) is 4.57. The molecule has 1 aliphatic rings. The van der Waals surface area contributed by atoms with E-state index >= 15 is 0 Å². The van der Waals surface area contributed by atoms with Crippen LogP contribution in [0.25, 0.3) is 5.69 Å². The molecule has 0 bridgehead atoms. The largest absolute Gasteiger partial charge is 0.490 e. The summed E-state index contributed by atoms with van der Waals surface area (Å²) >= 11 is 6.08. The lowest BCUT2D eigenvalue weighted by Crippen LogP contribution is -2.38. The number of carbonyl (C=O) groups excluding carboxylic acids is 1. The highest BCUT2D eigenvalue weighted by molar-refractivity contribution is 6.31. The summed E-state index contributed by atoms with van der Waals surface area (Å²) in [6.07, 6.45) is 1.65. The maximum Gasteiger partial charge on any atom is 0.243 e. The number of ether oxygens (including phenoxy) is 1. The van der Waals surface area contributed by atoms with Crippen molar-refractivity contribution in [3.8, 4) is 11.4 Å². The van der Waals surface area contributed by atoms with E-state index in [0.29, 0.717) is 29.6 Å². The molecule has 1 aliphatic heterocycles. The van der Waals surface area contributed by atoms with Crippen LogP contribution in [-0.4, -0.2) is 45.7 Å². The van der Waals surface area contributed by atoms with Crippen LogP contribution in [0.15, 0.2) is 48.7 Å². The summed E-state index contributed by atoms with van der Waals surface area (Å²) in [6.45, 7) is 1.16. The number of hydrogen-bond donors (Lipinski definition) is 2. The van der Waals surface area contributed by atoms with E-state index in [4.69, 9.17) is 21.4 Å². The number of fused-ring (bicyclic) bond motifs is 1. The van der Waals surface area contributed by atoms with Crippen LogP contribution in [0, 0.1) is 0 Å². The summed E-state index contributed by atoms with van der Waals surface area (Å²) in [5.74, 6) is 0.590. The monoisotopic (exact) mass is 399 g/mol. The molecule has 3 aromatic rings. The van der Waals surface area contributed by atoms with Gasteiger partial charge in [0, 0.05) is 10.7 Å². The SMILES string of the molecule is O=C(CN1CCOc2ccc(Cl)cc21)Nc1ccc(-n2cc(CO)nn2)cc1. The zero-order chi connectivity index (χ0) is 19.5. The quantitative estimate of drug-likeness (QED) is 0.683. The summed E-state index contributed by atoms with van der Waals surface area (Å²) in [5, 5.41) is 20.3. The molecular weight excluding hydrogens is 382 g/mol. The van der Waals surface area contributed by atoms with Gasteiger partial charge < -0.3 is 20.1 Å². The van der Waals surface area contributed by atoms with Crippen LogP contribution < -0.4 is 15.0 Å². The van der Waals surface area contributed by atoms with Gasteiger partial charge in [0.05, 0.1) is 37.3 Å². The number of hydrogen-bond acceptors (Lipinski definition) is 6. The van der Waals surface area contributed by atoms with Crippen molar-refractivity contribution >= 4 is 28.9 Å². The zero-order valence-electron chi connectivity index (χ0n) is 14.9. The number of aliphatic hydroxyl groups is 1. The molecule has 1 aromatic heterocycles. The normalized spacial score (nSPS) is 13.0. The lowest BCUT2D eigenvalue weighted by Gasteiger charge is -2.30. The Balaban J connectivity index is 1.41. The Morgan fingerprint density at radius 3 is 2.82 bits per heavy atom. The first-order valence-electron chi connectivity index (χ1n) is 8.72. The van der Waals surface area contributed by atoms with Gasteiger partial charge in [0.2, 0.25) is 5.91 Å². The second kappa shape index (κ2) is 7.87. The molecule has 0 spiro atoms. The standard InChI is InChI=1S/C19H18ClN5O3/c20-13-1-6-18-17(9-13)24(7-8-28-18)11-19(27)21-14-2-4-16(5-3-14)25-10-15(12-26)22-23-25/h1-6,9-10,26H,7-8,11-12H2,(H,21,27). The Bertz CT molecular complexity index is 989. The van der Waals surface area contributed by atoms with Crippen LogP contribution in [-0.2, 0) is 11.4 Å². The predicted octanol–water partition coefficient (Wildman–Crippen LogP) is 2.25. The number of nitrogens with zero attached hydrogens (tertiary/aromatic N) is 4. The summed E-state index contributed by atoms with van der Waals surface area (Å²) in [5.41, 5.74) is 2.76. The van der Waals surface area contributed by atoms with E-state index in [1.165, 1.54) is 0 Å². The highest BCUT2D eigenvalue weighted by Gasteiger charge is 2.20. The molecule has 0 radical (unpaired) electrons. The van der Waals surface area contributed by atoms with Crippen molar-refractivity contribution in [1.29, 1.82) is 0 Å². The second-order valence-corrected chi connectivity index (χ2v) is 6.73. The predicted molar refractivity (Wildman–Crippen MR) is 105 cm³/mol. The van der Waals surface area contributed by atoms with Gasteiger partial charge in [-0.05, 0) is 42.5 Å². The molecule has 8 nitrogen and oxygen atoms in total. The first kappa shape index (κ1) is 18.3. The Morgan fingerprint density at radius 2 is 2.07 bits per heavy atom. The summed E-state index contributed by atoms with van der Waals surface area (Å²) in [6, 6.07) is 12.6. The van der Waals surface area contributed by atoms with Crippen LogP contribution in [0.3, 0.4) is 0 Å². The van der Waals surface area contributed by atoms with Gasteiger partial charge in [-0.15, -0.1) is 5.10 Å². The van der Waals surface area contributed by atoms with Gasteiger partial charge in [-0.25, -0.2) is 4.68 Å². The third kappa shape index (κ3) is 3.92. The van der Waals surface area contributed by atoms with E-state index in [0.717, 1.165) is 17.1 Å². The molecule has 0 saturated carbocycles. The van der Waals surface area contributed by atoms with Crippen LogP contribution in [0.1, 0.15) is 5.69 Å². The molecule has 9 heteroatoms. The van der Waals surface area contributed by atoms with Crippen molar-refractivity contribution < 1.29 is 14.6 Å². The fourth-order valence-electron chi connectivity index (χ4n) is 2.98. The smallest absolute Gasteiger partial charge is 0.243 e. The number of rotatable bonds is 5. The highest BCUT2D eigenvalue weighted by Crippen LogP contribution is 2.33. The lowest BCUT2D eigenvalue weighted by molar-refractivity contribution is -0.115. The topological polar surface area (TPSA) is 92.5 Å². The summed E-state index contributed by atoms with van der Waals surface area (Å²) < 4.78 is 7.17. The second-order valence-electron chi connectivity index (χ2n) is 6.29. The number of benzene rings is 2. The minimum absolute atomic E-state index is 0.135. The first-order chi connectivity index (χ1) is 13.6. The van der Waals surface area contributed by atoms with E-state index in [-0.39, 0.29) is 19.1 Å². The Morgan fingerprint density at radius 1 is 1.25 bits per heavy atom. The van der Waals surface area contributed by atoms with Gasteiger partial charge in [-0.3, -0.25) is 4.79 Å². The van der Waals surface area contributed by atoms with Gasteiger partial charge in [-0.2, -0.15) is 0 Å². The van der Waals surface area contributed by atoms with Crippen molar-refractivity contribution in [2.24, 2.45) is 0 Å². The maximum atomic E-state index is 12.5. The van der Waals surface area contributed by atoms with E-state index in [2.05, 4.69) is 15.6 Å². The van der Waals surface area contributed by atoms with E-state index in [9.17, 15) is 4.79 Å². The number of aromatic nitrogens is 3. The minimum atomic E-state index is -0.163. The van der Waals surface area contributed by atoms with Gasteiger partial charge in [0.15, 0.2) is 0 Å². The van der Waals surface area contributed by atoms with Crippen LogP contribution in [0.2, 0.25) is 5.02 Å². The lowest BCUT2D eigenvalue weighted by atomic mass is 10.2. The molecule has 0 unspecified atom stereocenters. The number of aliphatic hydroxyl groups excluding tert-OH is 1. The van der Waals surface area contributed by atoms with Gasteiger partial charge >= 0.3 is 0 Å². The molecule has 4 rings (SSSR count). The molecule has 0 saturated heterocycles. The zero-order valence-corrected chi connectivity index (χ0v) is 15.6. The molecule has 2 heterocycles. The number of anilines is 2. The maximum absolute atomic E-state index is 12.5. The van der Waals surface area contributed by atoms with Crippen molar-refractivity contribution in [2.75, 3.05) is 29.9 Å². The average Bonchev–Trinajstić information content (AvgIpc) is 3.18. The molecule has 1 amide bonds. The molecule has 0 atom stereocenters. The van der Waals surface area contributed by atoms with Crippen molar-refractivity contribution in [1.82, 2.24) is 15.0 Å². The summed E-state index contributed by atoms with van der Waals surface area (Å²) in [4.78, 5) is 14.4. The number of halogens is 1. The van der Waals surface area contributed by atoms with E-state index in [1.807, 2.05) is 23.1 Å². The van der Waals surface area contributed by atoms with Crippen molar-refractivity contribution in [2.45, 2.75) is 6.61 Å².